The molecule has 0 spiro atoms. The highest BCUT2D eigenvalue weighted by molar-refractivity contribution is 7.98. The molecule has 1 aliphatic rings. The summed E-state index contributed by atoms with van der Waals surface area (Å²) in [5.74, 6) is -0.121. The number of fused-ring (bicyclic) bond motifs is 2. The van der Waals surface area contributed by atoms with Gasteiger partial charge in [-0.05, 0) is 24.5 Å². The van der Waals surface area contributed by atoms with Crippen molar-refractivity contribution in [2.75, 3.05) is 6.26 Å². The standard InChI is InChI=1S/C15H10O2S/c1-18-9-6-7-12-13(8-9)15(17)11-5-3-2-4-10(11)14(12)16/h2-8H,1H3. The van der Waals surface area contributed by atoms with Crippen LogP contribution in [0.25, 0.3) is 0 Å². The molecule has 0 saturated heterocycles. The number of benzene rings is 2. The smallest absolute Gasteiger partial charge is 0.194 e. The molecular formula is C15H10O2S. The highest BCUT2D eigenvalue weighted by Crippen LogP contribution is 2.29. The van der Waals surface area contributed by atoms with Gasteiger partial charge in [0.25, 0.3) is 0 Å². The Morgan fingerprint density at radius 3 is 1.94 bits per heavy atom. The number of carbonyl (C=O) groups excluding carboxylic acids is 2. The maximum Gasteiger partial charge on any atom is 0.194 e. The van der Waals surface area contributed by atoms with Crippen LogP contribution in [0.4, 0.5) is 0 Å². The average molecular weight is 254 g/mol. The van der Waals surface area contributed by atoms with Crippen LogP contribution in [0.1, 0.15) is 31.8 Å². The van der Waals surface area contributed by atoms with Crippen molar-refractivity contribution in [3.05, 3.63) is 64.7 Å². The molecule has 0 saturated carbocycles. The zero-order valence-electron chi connectivity index (χ0n) is 9.77. The molecule has 2 aromatic rings. The molecule has 0 bridgehead atoms. The van der Waals surface area contributed by atoms with Gasteiger partial charge >= 0.3 is 0 Å². The normalized spacial score (nSPS) is 13.2. The molecule has 2 nitrogen and oxygen atoms in total. The van der Waals surface area contributed by atoms with Crippen LogP contribution in [0.15, 0.2) is 47.4 Å². The van der Waals surface area contributed by atoms with Crippen LogP contribution in [0.3, 0.4) is 0 Å². The molecule has 1 aliphatic carbocycles. The minimum atomic E-state index is -0.0622. The molecule has 88 valence electrons. The first-order valence-corrected chi connectivity index (χ1v) is 6.81. The summed E-state index contributed by atoms with van der Waals surface area (Å²) in [7, 11) is 0. The third-order valence-corrected chi connectivity index (χ3v) is 3.86. The number of hydrogen-bond acceptors (Lipinski definition) is 3. The lowest BCUT2D eigenvalue weighted by Crippen LogP contribution is -2.20. The first-order valence-electron chi connectivity index (χ1n) is 5.59. The van der Waals surface area contributed by atoms with Crippen LogP contribution in [-0.4, -0.2) is 17.8 Å². The Hall–Kier alpha value is -1.87. The molecule has 18 heavy (non-hydrogen) atoms. The summed E-state index contributed by atoms with van der Waals surface area (Å²) in [6, 6.07) is 12.4. The Morgan fingerprint density at radius 1 is 0.778 bits per heavy atom. The van der Waals surface area contributed by atoms with Crippen molar-refractivity contribution in [1.29, 1.82) is 0 Å². The first-order chi connectivity index (χ1) is 8.72. The zero-order valence-corrected chi connectivity index (χ0v) is 10.6. The summed E-state index contributed by atoms with van der Waals surface area (Å²) < 4.78 is 0. The van der Waals surface area contributed by atoms with E-state index in [-0.39, 0.29) is 11.6 Å². The van der Waals surface area contributed by atoms with Crippen LogP contribution in [0.2, 0.25) is 0 Å². The molecule has 0 heterocycles. The van der Waals surface area contributed by atoms with E-state index in [0.29, 0.717) is 22.3 Å². The van der Waals surface area contributed by atoms with Gasteiger partial charge in [-0.15, -0.1) is 11.8 Å². The molecule has 0 fully saturated rings. The van der Waals surface area contributed by atoms with Gasteiger partial charge in [0, 0.05) is 27.1 Å². The Kier molecular flexibility index (Phi) is 2.56. The van der Waals surface area contributed by atoms with Crippen molar-refractivity contribution in [3.8, 4) is 0 Å². The largest absolute Gasteiger partial charge is 0.289 e. The lowest BCUT2D eigenvalue weighted by molar-refractivity contribution is 0.0979. The summed E-state index contributed by atoms with van der Waals surface area (Å²) >= 11 is 1.56. The quantitative estimate of drug-likeness (QED) is 0.625. The Morgan fingerprint density at radius 2 is 1.33 bits per heavy atom. The summed E-state index contributed by atoms with van der Waals surface area (Å²) in [6.45, 7) is 0. The lowest BCUT2D eigenvalue weighted by atomic mass is 9.84. The van der Waals surface area contributed by atoms with Gasteiger partial charge in [0.15, 0.2) is 11.6 Å². The van der Waals surface area contributed by atoms with E-state index in [0.717, 1.165) is 4.90 Å². The third-order valence-electron chi connectivity index (χ3n) is 3.13. The van der Waals surface area contributed by atoms with Gasteiger partial charge in [0.05, 0.1) is 0 Å². The second-order valence-corrected chi connectivity index (χ2v) is 4.99. The highest BCUT2D eigenvalue weighted by atomic mass is 32.2. The molecule has 0 radical (unpaired) electrons. The first kappa shape index (κ1) is 11.2. The Labute approximate surface area is 109 Å². The van der Waals surface area contributed by atoms with E-state index >= 15 is 0 Å². The molecule has 0 aromatic heterocycles. The van der Waals surface area contributed by atoms with E-state index in [4.69, 9.17) is 0 Å². The number of rotatable bonds is 1. The average Bonchev–Trinajstić information content (AvgIpc) is 2.44. The van der Waals surface area contributed by atoms with E-state index in [1.807, 2.05) is 12.3 Å². The maximum atomic E-state index is 12.4. The van der Waals surface area contributed by atoms with Gasteiger partial charge in [0.1, 0.15) is 0 Å². The molecule has 0 unspecified atom stereocenters. The highest BCUT2D eigenvalue weighted by Gasteiger charge is 2.29. The van der Waals surface area contributed by atoms with Crippen LogP contribution in [0, 0.1) is 0 Å². The van der Waals surface area contributed by atoms with Gasteiger partial charge < -0.3 is 0 Å². The van der Waals surface area contributed by atoms with Crippen molar-refractivity contribution >= 4 is 23.3 Å². The molecule has 2 aromatic carbocycles. The van der Waals surface area contributed by atoms with Crippen LogP contribution in [-0.2, 0) is 0 Å². The maximum absolute atomic E-state index is 12.4. The van der Waals surface area contributed by atoms with Gasteiger partial charge in [-0.1, -0.05) is 24.3 Å². The van der Waals surface area contributed by atoms with Gasteiger partial charge in [-0.25, -0.2) is 0 Å². The molecule has 0 amide bonds. The van der Waals surface area contributed by atoms with Crippen molar-refractivity contribution in [3.63, 3.8) is 0 Å². The van der Waals surface area contributed by atoms with Crippen molar-refractivity contribution in [2.45, 2.75) is 4.90 Å². The van der Waals surface area contributed by atoms with Gasteiger partial charge in [-0.3, -0.25) is 9.59 Å². The fraction of sp³-hybridized carbons (Fsp3) is 0.0667. The predicted octanol–water partition coefficient (Wildman–Crippen LogP) is 3.18. The molecule has 3 heteroatoms. The van der Waals surface area contributed by atoms with E-state index in [1.54, 1.807) is 48.2 Å². The fourth-order valence-corrected chi connectivity index (χ4v) is 2.65. The van der Waals surface area contributed by atoms with Crippen molar-refractivity contribution in [2.24, 2.45) is 0 Å². The minimum absolute atomic E-state index is 0.0592. The van der Waals surface area contributed by atoms with E-state index < -0.39 is 0 Å². The number of hydrogen-bond donors (Lipinski definition) is 0. The molecule has 0 aliphatic heterocycles. The second-order valence-electron chi connectivity index (χ2n) is 4.12. The Balaban J connectivity index is 2.27. The summed E-state index contributed by atoms with van der Waals surface area (Å²) in [5.41, 5.74) is 2.04. The molecule has 3 rings (SSSR count). The predicted molar refractivity (Wildman–Crippen MR) is 71.5 cm³/mol. The molecule has 0 N–H and O–H groups in total. The number of thioether (sulfide) groups is 1. The third kappa shape index (κ3) is 1.51. The summed E-state index contributed by atoms with van der Waals surface area (Å²) in [4.78, 5) is 25.6. The Bertz CT molecular complexity index is 674. The van der Waals surface area contributed by atoms with Gasteiger partial charge in [-0.2, -0.15) is 0 Å². The number of carbonyl (C=O) groups is 2. The topological polar surface area (TPSA) is 34.1 Å². The summed E-state index contributed by atoms with van der Waals surface area (Å²) in [6.07, 6.45) is 1.95. The van der Waals surface area contributed by atoms with Crippen LogP contribution in [0.5, 0.6) is 0 Å². The van der Waals surface area contributed by atoms with Crippen LogP contribution >= 0.6 is 11.8 Å². The fourth-order valence-electron chi connectivity index (χ4n) is 2.21. The lowest BCUT2D eigenvalue weighted by Gasteiger charge is -2.17. The monoisotopic (exact) mass is 254 g/mol. The SMILES string of the molecule is CSc1ccc2c(c1)C(=O)c1ccccc1C2=O. The summed E-state index contributed by atoms with van der Waals surface area (Å²) in [5, 5.41) is 0. The second kappa shape index (κ2) is 4.10. The van der Waals surface area contributed by atoms with Crippen molar-refractivity contribution in [1.82, 2.24) is 0 Å². The van der Waals surface area contributed by atoms with E-state index in [1.165, 1.54) is 0 Å². The van der Waals surface area contributed by atoms with E-state index in [2.05, 4.69) is 0 Å². The zero-order chi connectivity index (χ0) is 12.7. The molecule has 0 atom stereocenters. The minimum Gasteiger partial charge on any atom is -0.289 e. The van der Waals surface area contributed by atoms with Gasteiger partial charge in [0.2, 0.25) is 0 Å². The number of ketones is 2. The molecular weight excluding hydrogens is 244 g/mol. The van der Waals surface area contributed by atoms with E-state index in [9.17, 15) is 9.59 Å². The van der Waals surface area contributed by atoms with Crippen molar-refractivity contribution < 1.29 is 9.59 Å². The van der Waals surface area contributed by atoms with Crippen LogP contribution < -0.4 is 0 Å².